The Morgan fingerprint density at radius 1 is 0.793 bits per heavy atom. The van der Waals surface area contributed by atoms with E-state index in [1.54, 1.807) is 11.3 Å². The minimum atomic E-state index is -0.204. The number of carbonyl (C=O) groups excluding carboxylic acids is 1. The normalized spacial score (nSPS) is 10.7. The molecule has 4 aromatic rings. The van der Waals surface area contributed by atoms with Gasteiger partial charge in [-0.2, -0.15) is 11.3 Å². The van der Waals surface area contributed by atoms with E-state index >= 15 is 0 Å². The second-order valence-corrected chi connectivity index (χ2v) is 7.53. The van der Waals surface area contributed by atoms with Crippen LogP contribution in [0.1, 0.15) is 22.7 Å². The van der Waals surface area contributed by atoms with Gasteiger partial charge < -0.3 is 10.6 Å². The lowest BCUT2D eigenvalue weighted by Gasteiger charge is -2.20. The zero-order chi connectivity index (χ0) is 19.9. The second kappa shape index (κ2) is 9.22. The molecule has 1 heterocycles. The third kappa shape index (κ3) is 4.73. The molecule has 3 nitrogen and oxygen atoms in total. The van der Waals surface area contributed by atoms with Crippen molar-refractivity contribution in [2.75, 3.05) is 0 Å². The number of urea groups is 1. The van der Waals surface area contributed by atoms with E-state index in [0.717, 1.165) is 22.3 Å². The number of carbonyl (C=O) groups is 1. The Kier molecular flexibility index (Phi) is 6.03. The van der Waals surface area contributed by atoms with Gasteiger partial charge in [0.25, 0.3) is 0 Å². The van der Waals surface area contributed by atoms with Crippen molar-refractivity contribution in [1.29, 1.82) is 0 Å². The summed E-state index contributed by atoms with van der Waals surface area (Å²) in [5.74, 6) is 0. The average Bonchev–Trinajstić information content (AvgIpc) is 3.32. The lowest BCUT2D eigenvalue weighted by molar-refractivity contribution is 0.238. The monoisotopic (exact) mass is 398 g/mol. The van der Waals surface area contributed by atoms with Gasteiger partial charge in [0.1, 0.15) is 0 Å². The van der Waals surface area contributed by atoms with Crippen molar-refractivity contribution in [2.45, 2.75) is 12.6 Å². The highest BCUT2D eigenvalue weighted by atomic mass is 32.1. The van der Waals surface area contributed by atoms with Gasteiger partial charge in [-0.05, 0) is 44.6 Å². The van der Waals surface area contributed by atoms with Gasteiger partial charge in [-0.25, -0.2) is 4.79 Å². The summed E-state index contributed by atoms with van der Waals surface area (Å²) < 4.78 is 0. The molecule has 2 N–H and O–H groups in total. The van der Waals surface area contributed by atoms with Crippen molar-refractivity contribution in [2.24, 2.45) is 0 Å². The molecule has 0 aliphatic rings. The topological polar surface area (TPSA) is 41.1 Å². The summed E-state index contributed by atoms with van der Waals surface area (Å²) in [6.07, 6.45) is 0. The molecule has 0 unspecified atom stereocenters. The van der Waals surface area contributed by atoms with Crippen LogP contribution in [0.4, 0.5) is 4.79 Å². The van der Waals surface area contributed by atoms with E-state index in [9.17, 15) is 4.79 Å². The van der Waals surface area contributed by atoms with E-state index in [2.05, 4.69) is 39.6 Å². The highest BCUT2D eigenvalue weighted by molar-refractivity contribution is 7.08. The molecule has 29 heavy (non-hydrogen) atoms. The van der Waals surface area contributed by atoms with E-state index in [0.29, 0.717) is 6.54 Å². The van der Waals surface area contributed by atoms with E-state index in [-0.39, 0.29) is 12.1 Å². The van der Waals surface area contributed by atoms with Gasteiger partial charge in [0, 0.05) is 6.54 Å². The van der Waals surface area contributed by atoms with Gasteiger partial charge in [-0.15, -0.1) is 0 Å². The van der Waals surface area contributed by atoms with E-state index in [1.165, 1.54) is 5.56 Å². The molecule has 1 aromatic heterocycles. The molecule has 0 spiro atoms. The summed E-state index contributed by atoms with van der Waals surface area (Å²) in [6.45, 7) is 0.466. The van der Waals surface area contributed by atoms with Crippen LogP contribution < -0.4 is 10.6 Å². The number of rotatable bonds is 6. The van der Waals surface area contributed by atoms with E-state index in [1.807, 2.05) is 72.8 Å². The maximum Gasteiger partial charge on any atom is 0.315 e. The first kappa shape index (κ1) is 19.0. The molecule has 0 bridgehead atoms. The Morgan fingerprint density at radius 3 is 2.03 bits per heavy atom. The van der Waals surface area contributed by atoms with Crippen molar-refractivity contribution in [1.82, 2.24) is 10.6 Å². The minimum absolute atomic E-state index is 0.192. The summed E-state index contributed by atoms with van der Waals surface area (Å²) in [5, 5.41) is 10.3. The quantitative estimate of drug-likeness (QED) is 0.411. The first-order valence-electron chi connectivity index (χ1n) is 9.56. The number of thiophene rings is 1. The van der Waals surface area contributed by atoms with E-state index in [4.69, 9.17) is 0 Å². The van der Waals surface area contributed by atoms with Crippen LogP contribution >= 0.6 is 11.3 Å². The summed E-state index contributed by atoms with van der Waals surface area (Å²) in [6, 6.07) is 29.9. The fraction of sp³-hybridized carbons (Fsp3) is 0.0800. The Hall–Kier alpha value is -3.37. The molecule has 0 atom stereocenters. The van der Waals surface area contributed by atoms with Crippen molar-refractivity contribution in [3.63, 3.8) is 0 Å². The highest BCUT2D eigenvalue weighted by Gasteiger charge is 2.16. The van der Waals surface area contributed by atoms with Crippen LogP contribution in [0.2, 0.25) is 0 Å². The van der Waals surface area contributed by atoms with Crippen LogP contribution in [0.5, 0.6) is 0 Å². The average molecular weight is 399 g/mol. The molecule has 0 radical (unpaired) electrons. The molecule has 3 aromatic carbocycles. The van der Waals surface area contributed by atoms with Crippen LogP contribution in [0.3, 0.4) is 0 Å². The van der Waals surface area contributed by atoms with Crippen LogP contribution in [0.15, 0.2) is 102 Å². The predicted octanol–water partition coefficient (Wildman–Crippen LogP) is 6.00. The molecular formula is C25H22N2OS. The third-order valence-corrected chi connectivity index (χ3v) is 5.51. The molecular weight excluding hydrogens is 376 g/mol. The molecule has 0 saturated carbocycles. The van der Waals surface area contributed by atoms with Crippen molar-refractivity contribution in [3.05, 3.63) is 118 Å². The summed E-state index contributed by atoms with van der Waals surface area (Å²) in [5.41, 5.74) is 5.52. The maximum absolute atomic E-state index is 12.8. The first-order valence-corrected chi connectivity index (χ1v) is 10.5. The molecule has 0 aliphatic carbocycles. The summed E-state index contributed by atoms with van der Waals surface area (Å²) >= 11 is 1.67. The Balaban J connectivity index is 1.49. The molecule has 2 amide bonds. The largest absolute Gasteiger partial charge is 0.334 e. The summed E-state index contributed by atoms with van der Waals surface area (Å²) in [7, 11) is 0. The van der Waals surface area contributed by atoms with Crippen LogP contribution in [-0.4, -0.2) is 6.03 Å². The van der Waals surface area contributed by atoms with E-state index < -0.39 is 0 Å². The lowest BCUT2D eigenvalue weighted by atomic mass is 9.99. The van der Waals surface area contributed by atoms with Crippen molar-refractivity contribution >= 4 is 17.4 Å². The zero-order valence-corrected chi connectivity index (χ0v) is 16.7. The number of hydrogen-bond donors (Lipinski definition) is 2. The maximum atomic E-state index is 12.8. The lowest BCUT2D eigenvalue weighted by Crippen LogP contribution is -2.38. The number of nitrogens with one attached hydrogen (secondary N) is 2. The Bertz CT molecular complexity index is 1010. The zero-order valence-electron chi connectivity index (χ0n) is 15.9. The first-order chi connectivity index (χ1) is 14.3. The molecule has 0 saturated heterocycles. The van der Waals surface area contributed by atoms with Gasteiger partial charge in [0.15, 0.2) is 0 Å². The summed E-state index contributed by atoms with van der Waals surface area (Å²) in [4.78, 5) is 12.8. The Morgan fingerprint density at radius 2 is 1.41 bits per heavy atom. The molecule has 144 valence electrons. The predicted molar refractivity (Wildman–Crippen MR) is 120 cm³/mol. The molecule has 0 fully saturated rings. The highest BCUT2D eigenvalue weighted by Crippen LogP contribution is 2.26. The van der Waals surface area contributed by atoms with Gasteiger partial charge in [-0.1, -0.05) is 84.9 Å². The standard InChI is InChI=1S/C25H22N2OS/c28-25(26-17-21-13-7-8-14-23(21)22-15-16-29-18-22)27-24(19-9-3-1-4-10-19)20-11-5-2-6-12-20/h1-16,18,24H,17H2,(H2,26,27,28). The SMILES string of the molecule is O=C(NCc1ccccc1-c1ccsc1)NC(c1ccccc1)c1ccccc1. The van der Waals surface area contributed by atoms with Gasteiger partial charge in [0.2, 0.25) is 0 Å². The molecule has 4 rings (SSSR count). The number of benzene rings is 3. The van der Waals surface area contributed by atoms with Crippen LogP contribution in [0.25, 0.3) is 11.1 Å². The molecule has 0 aliphatic heterocycles. The van der Waals surface area contributed by atoms with Gasteiger partial charge in [0.05, 0.1) is 6.04 Å². The van der Waals surface area contributed by atoms with Crippen LogP contribution in [-0.2, 0) is 6.54 Å². The fourth-order valence-corrected chi connectivity index (χ4v) is 4.04. The molecule has 4 heteroatoms. The van der Waals surface area contributed by atoms with Gasteiger partial charge in [-0.3, -0.25) is 0 Å². The Labute approximate surface area is 175 Å². The van der Waals surface area contributed by atoms with Crippen molar-refractivity contribution in [3.8, 4) is 11.1 Å². The fourth-order valence-electron chi connectivity index (χ4n) is 3.38. The van der Waals surface area contributed by atoms with Crippen molar-refractivity contribution < 1.29 is 4.79 Å². The minimum Gasteiger partial charge on any atom is -0.334 e. The number of hydrogen-bond acceptors (Lipinski definition) is 2. The van der Waals surface area contributed by atoms with Crippen LogP contribution in [0, 0.1) is 0 Å². The second-order valence-electron chi connectivity index (χ2n) is 6.75. The smallest absolute Gasteiger partial charge is 0.315 e. The number of amides is 2. The van der Waals surface area contributed by atoms with Gasteiger partial charge >= 0.3 is 6.03 Å². The third-order valence-electron chi connectivity index (χ3n) is 4.83.